The van der Waals surface area contributed by atoms with Crippen molar-refractivity contribution in [2.24, 2.45) is 5.92 Å². The van der Waals surface area contributed by atoms with Gasteiger partial charge in [-0.3, -0.25) is 9.10 Å². The summed E-state index contributed by atoms with van der Waals surface area (Å²) in [6, 6.07) is 7.01. The zero-order valence-corrected chi connectivity index (χ0v) is 14.4. The van der Waals surface area contributed by atoms with Crippen molar-refractivity contribution in [3.63, 3.8) is 0 Å². The molecule has 1 aliphatic rings. The Morgan fingerprint density at radius 3 is 2.50 bits per heavy atom. The van der Waals surface area contributed by atoms with Crippen LogP contribution in [0.25, 0.3) is 0 Å². The number of benzene rings is 1. The fourth-order valence-electron chi connectivity index (χ4n) is 2.56. The molecule has 122 valence electrons. The topological polar surface area (TPSA) is 57.7 Å². The van der Waals surface area contributed by atoms with Gasteiger partial charge in [-0.2, -0.15) is 0 Å². The molecule has 1 fully saturated rings. The lowest BCUT2D eigenvalue weighted by atomic mass is 10.0. The van der Waals surface area contributed by atoms with Gasteiger partial charge in [0.25, 0.3) is 5.91 Å². The van der Waals surface area contributed by atoms with Crippen LogP contribution in [0.1, 0.15) is 37.6 Å². The summed E-state index contributed by atoms with van der Waals surface area (Å²) in [7, 11) is -1.44. The van der Waals surface area contributed by atoms with Crippen LogP contribution in [-0.4, -0.2) is 44.6 Å². The first-order valence-corrected chi connectivity index (χ1v) is 9.22. The summed E-state index contributed by atoms with van der Waals surface area (Å²) in [6.07, 6.45) is 0.630. The van der Waals surface area contributed by atoms with Crippen LogP contribution in [0.3, 0.4) is 0 Å². The molecule has 2 rings (SSSR count). The molecule has 5 nitrogen and oxygen atoms in total. The standard InChI is InChI=1S/C16H24N2O3S/c1-12(2)13(3)17(4)16(19)14-7-5-8-15(11-14)18-9-6-10-22(18,20)21/h5,7-8,11-13H,6,9-10H2,1-4H3/t13-/m1/s1. The van der Waals surface area contributed by atoms with Crippen LogP contribution in [0, 0.1) is 5.92 Å². The molecule has 1 saturated heterocycles. The lowest BCUT2D eigenvalue weighted by molar-refractivity contribution is 0.0707. The monoisotopic (exact) mass is 324 g/mol. The zero-order valence-electron chi connectivity index (χ0n) is 13.6. The minimum Gasteiger partial charge on any atom is -0.339 e. The van der Waals surface area contributed by atoms with Gasteiger partial charge in [0.05, 0.1) is 11.4 Å². The van der Waals surface area contributed by atoms with Crippen LogP contribution >= 0.6 is 0 Å². The molecule has 0 unspecified atom stereocenters. The van der Waals surface area contributed by atoms with E-state index < -0.39 is 10.0 Å². The molecule has 1 amide bonds. The molecule has 0 bridgehead atoms. The molecule has 0 saturated carbocycles. The lowest BCUT2D eigenvalue weighted by Gasteiger charge is -2.28. The predicted octanol–water partition coefficient (Wildman–Crippen LogP) is 2.34. The number of rotatable bonds is 4. The average Bonchev–Trinajstić information content (AvgIpc) is 2.84. The second kappa shape index (κ2) is 6.28. The van der Waals surface area contributed by atoms with Gasteiger partial charge in [0.1, 0.15) is 0 Å². The second-order valence-corrected chi connectivity index (χ2v) is 8.21. The molecule has 1 aromatic carbocycles. The molecular formula is C16H24N2O3S. The van der Waals surface area contributed by atoms with E-state index in [4.69, 9.17) is 0 Å². The Kier molecular flexibility index (Phi) is 4.80. The van der Waals surface area contributed by atoms with E-state index in [2.05, 4.69) is 13.8 Å². The van der Waals surface area contributed by atoms with E-state index in [0.29, 0.717) is 30.1 Å². The van der Waals surface area contributed by atoms with Crippen LogP contribution in [0.15, 0.2) is 24.3 Å². The van der Waals surface area contributed by atoms with Crippen molar-refractivity contribution in [3.8, 4) is 0 Å². The summed E-state index contributed by atoms with van der Waals surface area (Å²) in [4.78, 5) is 14.3. The Hall–Kier alpha value is -1.56. The summed E-state index contributed by atoms with van der Waals surface area (Å²) in [5.41, 5.74) is 1.10. The fourth-order valence-corrected chi connectivity index (χ4v) is 4.12. The first-order chi connectivity index (χ1) is 10.2. The molecule has 0 radical (unpaired) electrons. The Bertz CT molecular complexity index is 655. The molecular weight excluding hydrogens is 300 g/mol. The van der Waals surface area contributed by atoms with Gasteiger partial charge >= 0.3 is 0 Å². The van der Waals surface area contributed by atoms with Crippen molar-refractivity contribution < 1.29 is 13.2 Å². The van der Waals surface area contributed by atoms with Crippen LogP contribution in [-0.2, 0) is 10.0 Å². The van der Waals surface area contributed by atoms with Crippen molar-refractivity contribution >= 4 is 21.6 Å². The average molecular weight is 324 g/mol. The molecule has 22 heavy (non-hydrogen) atoms. The van der Waals surface area contributed by atoms with Gasteiger partial charge in [-0.15, -0.1) is 0 Å². The Morgan fingerprint density at radius 1 is 1.27 bits per heavy atom. The van der Waals surface area contributed by atoms with Crippen molar-refractivity contribution in [2.75, 3.05) is 23.7 Å². The fraction of sp³-hybridized carbons (Fsp3) is 0.562. The van der Waals surface area contributed by atoms with Crippen molar-refractivity contribution in [1.82, 2.24) is 4.90 Å². The van der Waals surface area contributed by atoms with E-state index in [1.54, 1.807) is 36.2 Å². The normalized spacial score (nSPS) is 18.5. The SMILES string of the molecule is CC(C)[C@@H](C)N(C)C(=O)c1cccc(N2CCCS2(=O)=O)c1. The van der Waals surface area contributed by atoms with Crippen LogP contribution in [0.4, 0.5) is 5.69 Å². The zero-order chi connectivity index (χ0) is 16.5. The Balaban J connectivity index is 2.27. The summed E-state index contributed by atoms with van der Waals surface area (Å²) in [5.74, 6) is 0.450. The largest absolute Gasteiger partial charge is 0.339 e. The number of hydrogen-bond donors (Lipinski definition) is 0. The first kappa shape index (κ1) is 16.8. The number of amides is 1. The highest BCUT2D eigenvalue weighted by Gasteiger charge is 2.29. The second-order valence-electron chi connectivity index (χ2n) is 6.19. The number of anilines is 1. The molecule has 1 atom stereocenters. The summed E-state index contributed by atoms with van der Waals surface area (Å²) in [6.45, 7) is 6.64. The van der Waals surface area contributed by atoms with E-state index in [1.807, 2.05) is 6.92 Å². The number of sulfonamides is 1. The molecule has 1 aliphatic heterocycles. The molecule has 0 N–H and O–H groups in total. The van der Waals surface area contributed by atoms with E-state index in [1.165, 1.54) is 4.31 Å². The summed E-state index contributed by atoms with van der Waals surface area (Å²) in [5, 5.41) is 0. The van der Waals surface area contributed by atoms with Gasteiger partial charge in [-0.25, -0.2) is 8.42 Å². The van der Waals surface area contributed by atoms with Crippen molar-refractivity contribution in [3.05, 3.63) is 29.8 Å². The molecule has 0 spiro atoms. The minimum absolute atomic E-state index is 0.0837. The molecule has 1 heterocycles. The molecule has 0 aromatic heterocycles. The van der Waals surface area contributed by atoms with E-state index in [0.717, 1.165) is 0 Å². The number of hydrogen-bond acceptors (Lipinski definition) is 3. The molecule has 1 aromatic rings. The third-order valence-corrected chi connectivity index (χ3v) is 6.25. The van der Waals surface area contributed by atoms with E-state index in [-0.39, 0.29) is 17.7 Å². The third kappa shape index (κ3) is 3.27. The Morgan fingerprint density at radius 2 is 1.95 bits per heavy atom. The maximum Gasteiger partial charge on any atom is 0.253 e. The van der Waals surface area contributed by atoms with E-state index >= 15 is 0 Å². The van der Waals surface area contributed by atoms with Gasteiger partial charge in [0, 0.05) is 25.2 Å². The summed E-state index contributed by atoms with van der Waals surface area (Å²) < 4.78 is 25.4. The molecule has 6 heteroatoms. The predicted molar refractivity (Wildman–Crippen MR) is 88.6 cm³/mol. The highest BCUT2D eigenvalue weighted by atomic mass is 32.2. The molecule has 0 aliphatic carbocycles. The lowest BCUT2D eigenvalue weighted by Crippen LogP contribution is -2.38. The highest BCUT2D eigenvalue weighted by Crippen LogP contribution is 2.25. The summed E-state index contributed by atoms with van der Waals surface area (Å²) >= 11 is 0. The van der Waals surface area contributed by atoms with E-state index in [9.17, 15) is 13.2 Å². The quantitative estimate of drug-likeness (QED) is 0.854. The van der Waals surface area contributed by atoms with Crippen molar-refractivity contribution in [1.29, 1.82) is 0 Å². The van der Waals surface area contributed by atoms with Crippen LogP contribution < -0.4 is 4.31 Å². The minimum atomic E-state index is -3.22. The smallest absolute Gasteiger partial charge is 0.253 e. The van der Waals surface area contributed by atoms with Crippen LogP contribution in [0.2, 0.25) is 0 Å². The first-order valence-electron chi connectivity index (χ1n) is 7.61. The number of nitrogens with zero attached hydrogens (tertiary/aromatic N) is 2. The van der Waals surface area contributed by atoms with Gasteiger partial charge < -0.3 is 4.90 Å². The third-order valence-electron chi connectivity index (χ3n) is 4.38. The Labute approximate surface area is 133 Å². The van der Waals surface area contributed by atoms with Crippen molar-refractivity contribution in [2.45, 2.75) is 33.2 Å². The highest BCUT2D eigenvalue weighted by molar-refractivity contribution is 7.93. The van der Waals surface area contributed by atoms with Gasteiger partial charge in [-0.05, 0) is 37.5 Å². The maximum atomic E-state index is 12.6. The van der Waals surface area contributed by atoms with Crippen LogP contribution in [0.5, 0.6) is 0 Å². The maximum absolute atomic E-state index is 12.6. The van der Waals surface area contributed by atoms with Gasteiger partial charge in [-0.1, -0.05) is 19.9 Å². The number of carbonyl (C=O) groups excluding carboxylic acids is 1. The van der Waals surface area contributed by atoms with Gasteiger partial charge in [0.2, 0.25) is 10.0 Å². The number of carbonyl (C=O) groups is 1. The van der Waals surface area contributed by atoms with Gasteiger partial charge in [0.15, 0.2) is 0 Å².